The summed E-state index contributed by atoms with van der Waals surface area (Å²) in [5.41, 5.74) is 10.6. The zero-order valence-electron chi connectivity index (χ0n) is 9.58. The number of primary amides is 1. The minimum absolute atomic E-state index is 0.0538. The highest BCUT2D eigenvalue weighted by Gasteiger charge is 2.18. The molecule has 4 N–H and O–H groups in total. The van der Waals surface area contributed by atoms with E-state index in [1.807, 2.05) is 0 Å². The topological polar surface area (TPSA) is 69.1 Å². The highest BCUT2D eigenvalue weighted by Crippen LogP contribution is 2.29. The number of hydrogen-bond donors (Lipinski definition) is 2. The van der Waals surface area contributed by atoms with Gasteiger partial charge in [0.15, 0.2) is 17.5 Å². The number of halogens is 3. The molecule has 0 heterocycles. The largest absolute Gasteiger partial charge is 0.399 e. The maximum Gasteiger partial charge on any atom is 0.249 e. The van der Waals surface area contributed by atoms with Gasteiger partial charge in [0.1, 0.15) is 0 Å². The predicted molar refractivity (Wildman–Crippen MR) is 64.7 cm³/mol. The average Bonchev–Trinajstić information content (AvgIpc) is 2.37. The first kappa shape index (κ1) is 12.9. The number of anilines is 1. The van der Waals surface area contributed by atoms with Crippen LogP contribution in [0.25, 0.3) is 11.1 Å². The summed E-state index contributed by atoms with van der Waals surface area (Å²) in [7, 11) is 0. The summed E-state index contributed by atoms with van der Waals surface area (Å²) in [6.07, 6.45) is 0. The van der Waals surface area contributed by atoms with Gasteiger partial charge in [0.05, 0.1) is 0 Å². The van der Waals surface area contributed by atoms with Gasteiger partial charge in [-0.3, -0.25) is 4.79 Å². The van der Waals surface area contributed by atoms with Crippen molar-refractivity contribution in [1.82, 2.24) is 0 Å². The molecule has 0 unspecified atom stereocenters. The molecule has 0 atom stereocenters. The summed E-state index contributed by atoms with van der Waals surface area (Å²) in [4.78, 5) is 11.3. The quantitative estimate of drug-likeness (QED) is 0.647. The lowest BCUT2D eigenvalue weighted by Gasteiger charge is -2.09. The Kier molecular flexibility index (Phi) is 3.16. The Labute approximate surface area is 106 Å². The summed E-state index contributed by atoms with van der Waals surface area (Å²) >= 11 is 0. The lowest BCUT2D eigenvalue weighted by Crippen LogP contribution is -2.13. The van der Waals surface area contributed by atoms with E-state index in [0.717, 1.165) is 12.1 Å². The van der Waals surface area contributed by atoms with Crippen molar-refractivity contribution < 1.29 is 18.0 Å². The minimum Gasteiger partial charge on any atom is -0.399 e. The Bertz CT molecular complexity index is 671. The van der Waals surface area contributed by atoms with Crippen LogP contribution in [0.2, 0.25) is 0 Å². The molecule has 0 saturated heterocycles. The molecule has 0 aliphatic heterocycles. The van der Waals surface area contributed by atoms with Crippen LogP contribution in [0.5, 0.6) is 0 Å². The van der Waals surface area contributed by atoms with E-state index in [2.05, 4.69) is 0 Å². The van der Waals surface area contributed by atoms with Gasteiger partial charge in [-0.1, -0.05) is 6.07 Å². The fourth-order valence-electron chi connectivity index (χ4n) is 1.73. The SMILES string of the molecule is NC(=O)c1cc(N)ccc1-c1ccc(F)c(F)c1F. The fraction of sp³-hybridized carbons (Fsp3) is 0. The number of rotatable bonds is 2. The number of hydrogen-bond acceptors (Lipinski definition) is 2. The van der Waals surface area contributed by atoms with Crippen molar-refractivity contribution >= 4 is 11.6 Å². The molecule has 0 spiro atoms. The van der Waals surface area contributed by atoms with Crippen molar-refractivity contribution in [3.63, 3.8) is 0 Å². The van der Waals surface area contributed by atoms with Crippen molar-refractivity contribution in [3.05, 3.63) is 53.3 Å². The van der Waals surface area contributed by atoms with Crippen LogP contribution in [0, 0.1) is 17.5 Å². The lowest BCUT2D eigenvalue weighted by molar-refractivity contribution is 0.100. The van der Waals surface area contributed by atoms with Gasteiger partial charge in [-0.2, -0.15) is 0 Å². The standard InChI is InChI=1S/C13H9F3N2O/c14-10-4-3-8(11(15)12(10)16)7-2-1-6(17)5-9(7)13(18)19/h1-5H,17H2,(H2,18,19). The third-order valence-electron chi connectivity index (χ3n) is 2.63. The molecule has 2 aromatic rings. The van der Waals surface area contributed by atoms with E-state index >= 15 is 0 Å². The summed E-state index contributed by atoms with van der Waals surface area (Å²) in [5, 5.41) is 0. The number of carbonyl (C=O) groups is 1. The molecule has 0 fully saturated rings. The van der Waals surface area contributed by atoms with Crippen LogP contribution >= 0.6 is 0 Å². The Morgan fingerprint density at radius 1 is 0.947 bits per heavy atom. The van der Waals surface area contributed by atoms with Crippen molar-refractivity contribution in [3.8, 4) is 11.1 Å². The Morgan fingerprint density at radius 2 is 1.58 bits per heavy atom. The van der Waals surface area contributed by atoms with Crippen molar-refractivity contribution in [2.24, 2.45) is 5.73 Å². The van der Waals surface area contributed by atoms with Crippen molar-refractivity contribution in [2.45, 2.75) is 0 Å². The van der Waals surface area contributed by atoms with E-state index < -0.39 is 23.4 Å². The lowest BCUT2D eigenvalue weighted by atomic mass is 9.98. The number of benzene rings is 2. The molecule has 6 heteroatoms. The molecule has 2 aromatic carbocycles. The van der Waals surface area contributed by atoms with E-state index in [1.54, 1.807) is 0 Å². The molecule has 0 saturated carbocycles. The maximum absolute atomic E-state index is 13.7. The first-order valence-corrected chi connectivity index (χ1v) is 5.25. The third kappa shape index (κ3) is 2.24. The summed E-state index contributed by atoms with van der Waals surface area (Å²) in [6, 6.07) is 5.78. The summed E-state index contributed by atoms with van der Waals surface area (Å²) in [6.45, 7) is 0. The molecule has 1 amide bonds. The van der Waals surface area contributed by atoms with E-state index in [9.17, 15) is 18.0 Å². The van der Waals surface area contributed by atoms with E-state index in [4.69, 9.17) is 11.5 Å². The van der Waals surface area contributed by atoms with Crippen LogP contribution in [0.3, 0.4) is 0 Å². The molecule has 0 bridgehead atoms. The second-order valence-corrected chi connectivity index (χ2v) is 3.89. The zero-order valence-corrected chi connectivity index (χ0v) is 9.58. The molecule has 0 aromatic heterocycles. The molecule has 0 aliphatic carbocycles. The fourth-order valence-corrected chi connectivity index (χ4v) is 1.73. The van der Waals surface area contributed by atoms with Gasteiger partial charge < -0.3 is 11.5 Å². The second kappa shape index (κ2) is 4.64. The maximum atomic E-state index is 13.7. The van der Waals surface area contributed by atoms with E-state index in [0.29, 0.717) is 0 Å². The molecular weight excluding hydrogens is 257 g/mol. The van der Waals surface area contributed by atoms with Gasteiger partial charge in [0.2, 0.25) is 5.91 Å². The third-order valence-corrected chi connectivity index (χ3v) is 2.63. The van der Waals surface area contributed by atoms with Crippen molar-refractivity contribution in [1.29, 1.82) is 0 Å². The Balaban J connectivity index is 2.72. The molecule has 98 valence electrons. The molecule has 3 nitrogen and oxygen atoms in total. The molecule has 0 aliphatic rings. The first-order valence-electron chi connectivity index (χ1n) is 5.25. The average molecular weight is 266 g/mol. The Hall–Kier alpha value is -2.50. The minimum atomic E-state index is -1.61. The summed E-state index contributed by atoms with van der Waals surface area (Å²) in [5.74, 6) is -5.14. The predicted octanol–water partition coefficient (Wildman–Crippen LogP) is 2.45. The monoisotopic (exact) mass is 266 g/mol. The number of carbonyl (C=O) groups excluding carboxylic acids is 1. The van der Waals surface area contributed by atoms with E-state index in [1.165, 1.54) is 18.2 Å². The number of nitrogens with two attached hydrogens (primary N) is 2. The molecule has 0 radical (unpaired) electrons. The van der Waals surface area contributed by atoms with Gasteiger partial charge >= 0.3 is 0 Å². The highest BCUT2D eigenvalue weighted by molar-refractivity contribution is 6.00. The van der Waals surface area contributed by atoms with Crippen LogP contribution in [-0.2, 0) is 0 Å². The first-order chi connectivity index (χ1) is 8.91. The van der Waals surface area contributed by atoms with Crippen LogP contribution in [0.4, 0.5) is 18.9 Å². The van der Waals surface area contributed by atoms with Gasteiger partial charge in [-0.05, 0) is 29.8 Å². The molecule has 19 heavy (non-hydrogen) atoms. The van der Waals surface area contributed by atoms with Crippen LogP contribution < -0.4 is 11.5 Å². The highest BCUT2D eigenvalue weighted by atomic mass is 19.2. The van der Waals surface area contributed by atoms with Crippen LogP contribution in [0.15, 0.2) is 30.3 Å². The van der Waals surface area contributed by atoms with Crippen LogP contribution in [0.1, 0.15) is 10.4 Å². The Morgan fingerprint density at radius 3 is 2.21 bits per heavy atom. The van der Waals surface area contributed by atoms with Crippen molar-refractivity contribution in [2.75, 3.05) is 5.73 Å². The normalized spacial score (nSPS) is 10.5. The van der Waals surface area contributed by atoms with Gasteiger partial charge in [0.25, 0.3) is 0 Å². The summed E-state index contributed by atoms with van der Waals surface area (Å²) < 4.78 is 39.8. The van der Waals surface area contributed by atoms with E-state index in [-0.39, 0.29) is 22.4 Å². The molecular formula is C13H9F3N2O. The van der Waals surface area contributed by atoms with Gasteiger partial charge in [-0.25, -0.2) is 13.2 Å². The van der Waals surface area contributed by atoms with Crippen LogP contribution in [-0.4, -0.2) is 5.91 Å². The number of nitrogen functional groups attached to an aromatic ring is 1. The second-order valence-electron chi connectivity index (χ2n) is 3.89. The zero-order chi connectivity index (χ0) is 14.2. The number of amides is 1. The van der Waals surface area contributed by atoms with Gasteiger partial charge in [-0.15, -0.1) is 0 Å². The molecule has 2 rings (SSSR count). The smallest absolute Gasteiger partial charge is 0.249 e. The van der Waals surface area contributed by atoms with Gasteiger partial charge in [0, 0.05) is 16.8 Å².